The summed E-state index contributed by atoms with van der Waals surface area (Å²) in [7, 11) is 0. The fraction of sp³-hybridized carbons (Fsp3) is 0.360. The second-order valence-corrected chi connectivity index (χ2v) is 8.69. The Hall–Kier alpha value is -2.96. The molecule has 0 aliphatic carbocycles. The number of nitrogens with one attached hydrogen (secondary N) is 2. The molecule has 0 bridgehead atoms. The van der Waals surface area contributed by atoms with Crippen molar-refractivity contribution in [1.82, 2.24) is 20.4 Å². The van der Waals surface area contributed by atoms with Crippen LogP contribution in [0.2, 0.25) is 0 Å². The lowest BCUT2D eigenvalue weighted by Crippen LogP contribution is -2.39. The first-order valence-corrected chi connectivity index (χ1v) is 11.0. The van der Waals surface area contributed by atoms with Crippen LogP contribution in [0.25, 0.3) is 22.5 Å². The summed E-state index contributed by atoms with van der Waals surface area (Å²) in [6.07, 6.45) is 2.16. The molecule has 1 saturated heterocycles. The predicted octanol–water partition coefficient (Wildman–Crippen LogP) is 3.81. The number of carbonyl (C=O) groups is 1. The molecule has 1 amide bonds. The normalized spacial score (nSPS) is 15.4. The summed E-state index contributed by atoms with van der Waals surface area (Å²) < 4.78 is 0. The van der Waals surface area contributed by atoms with E-state index in [-0.39, 0.29) is 11.9 Å². The van der Waals surface area contributed by atoms with Crippen LogP contribution in [0.1, 0.15) is 42.6 Å². The molecule has 2 heterocycles. The molecule has 4 N–H and O–H groups in total. The topological polar surface area (TPSA) is 87.0 Å². The first-order valence-electron chi connectivity index (χ1n) is 11.0. The fourth-order valence-corrected chi connectivity index (χ4v) is 3.94. The number of piperidine rings is 1. The Labute approximate surface area is 183 Å². The zero-order valence-electron chi connectivity index (χ0n) is 18.3. The van der Waals surface area contributed by atoms with E-state index in [0.29, 0.717) is 11.6 Å². The van der Waals surface area contributed by atoms with E-state index in [1.54, 1.807) is 0 Å². The Morgan fingerprint density at radius 1 is 1.13 bits per heavy atom. The van der Waals surface area contributed by atoms with Crippen LogP contribution < -0.4 is 11.1 Å². The van der Waals surface area contributed by atoms with Crippen molar-refractivity contribution in [3.05, 3.63) is 65.7 Å². The minimum atomic E-state index is -0.0705. The summed E-state index contributed by atoms with van der Waals surface area (Å²) in [4.78, 5) is 14.8. The fourth-order valence-electron chi connectivity index (χ4n) is 3.94. The SMILES string of the molecule is CC(C)NC(=O)c1cccc(-c2cc(-c3ccc(CN4CCC(N)CC4)cc3)[nH]n2)c1. The smallest absolute Gasteiger partial charge is 0.251 e. The molecule has 0 saturated carbocycles. The Morgan fingerprint density at radius 2 is 1.87 bits per heavy atom. The van der Waals surface area contributed by atoms with Crippen molar-refractivity contribution in [1.29, 1.82) is 0 Å². The van der Waals surface area contributed by atoms with E-state index in [4.69, 9.17) is 5.73 Å². The number of nitrogens with zero attached hydrogens (tertiary/aromatic N) is 2. The molecule has 6 nitrogen and oxygen atoms in total. The highest BCUT2D eigenvalue weighted by atomic mass is 16.1. The van der Waals surface area contributed by atoms with Crippen molar-refractivity contribution in [3.8, 4) is 22.5 Å². The third kappa shape index (κ3) is 5.40. The lowest BCUT2D eigenvalue weighted by molar-refractivity contribution is 0.0943. The van der Waals surface area contributed by atoms with Gasteiger partial charge >= 0.3 is 0 Å². The van der Waals surface area contributed by atoms with E-state index in [9.17, 15) is 4.79 Å². The van der Waals surface area contributed by atoms with Gasteiger partial charge in [-0.2, -0.15) is 5.10 Å². The minimum Gasteiger partial charge on any atom is -0.350 e. The second-order valence-electron chi connectivity index (χ2n) is 8.69. The number of aromatic nitrogens is 2. The molecule has 6 heteroatoms. The van der Waals surface area contributed by atoms with E-state index in [1.807, 2.05) is 44.2 Å². The monoisotopic (exact) mass is 417 g/mol. The van der Waals surface area contributed by atoms with Crippen molar-refractivity contribution in [3.63, 3.8) is 0 Å². The molecule has 4 rings (SSSR count). The first kappa shape index (κ1) is 21.3. The lowest BCUT2D eigenvalue weighted by Gasteiger charge is -2.30. The van der Waals surface area contributed by atoms with Crippen LogP contribution in [0.5, 0.6) is 0 Å². The quantitative estimate of drug-likeness (QED) is 0.569. The molecule has 162 valence electrons. The summed E-state index contributed by atoms with van der Waals surface area (Å²) in [5, 5.41) is 10.5. The summed E-state index contributed by atoms with van der Waals surface area (Å²) >= 11 is 0. The van der Waals surface area contributed by atoms with E-state index < -0.39 is 0 Å². The third-order valence-electron chi connectivity index (χ3n) is 5.72. The number of rotatable bonds is 6. The zero-order chi connectivity index (χ0) is 21.8. The highest BCUT2D eigenvalue weighted by Gasteiger charge is 2.16. The zero-order valence-corrected chi connectivity index (χ0v) is 18.3. The number of hydrogen-bond donors (Lipinski definition) is 3. The maximum Gasteiger partial charge on any atom is 0.251 e. The lowest BCUT2D eigenvalue weighted by atomic mass is 10.0. The van der Waals surface area contributed by atoms with Crippen LogP contribution in [-0.4, -0.2) is 46.2 Å². The first-order chi connectivity index (χ1) is 15.0. The van der Waals surface area contributed by atoms with Gasteiger partial charge in [-0.1, -0.05) is 36.4 Å². The van der Waals surface area contributed by atoms with Gasteiger partial charge in [0, 0.05) is 29.8 Å². The van der Waals surface area contributed by atoms with Gasteiger partial charge in [0.25, 0.3) is 5.91 Å². The van der Waals surface area contributed by atoms with Gasteiger partial charge in [0.1, 0.15) is 0 Å². The molecule has 1 fully saturated rings. The van der Waals surface area contributed by atoms with Gasteiger partial charge in [-0.3, -0.25) is 14.8 Å². The summed E-state index contributed by atoms with van der Waals surface area (Å²) in [5.74, 6) is -0.0705. The molecule has 1 aliphatic rings. The Morgan fingerprint density at radius 3 is 2.58 bits per heavy atom. The Kier molecular flexibility index (Phi) is 6.49. The molecular formula is C25H31N5O. The van der Waals surface area contributed by atoms with Crippen LogP contribution >= 0.6 is 0 Å². The van der Waals surface area contributed by atoms with Crippen LogP contribution in [0, 0.1) is 0 Å². The van der Waals surface area contributed by atoms with Crippen molar-refractivity contribution >= 4 is 5.91 Å². The minimum absolute atomic E-state index is 0.0705. The second kappa shape index (κ2) is 9.45. The van der Waals surface area contributed by atoms with E-state index in [0.717, 1.165) is 55.0 Å². The predicted molar refractivity (Wildman–Crippen MR) is 125 cm³/mol. The number of nitrogens with two attached hydrogens (primary N) is 1. The maximum absolute atomic E-state index is 12.3. The molecule has 3 aromatic rings. The molecule has 0 unspecified atom stereocenters. The maximum atomic E-state index is 12.3. The summed E-state index contributed by atoms with van der Waals surface area (Å²) in [6, 6.07) is 18.7. The molecule has 31 heavy (non-hydrogen) atoms. The average Bonchev–Trinajstić information content (AvgIpc) is 3.26. The largest absolute Gasteiger partial charge is 0.350 e. The highest BCUT2D eigenvalue weighted by Crippen LogP contribution is 2.25. The Balaban J connectivity index is 1.44. The van der Waals surface area contributed by atoms with Gasteiger partial charge in [0.2, 0.25) is 0 Å². The van der Waals surface area contributed by atoms with Crippen molar-refractivity contribution in [2.24, 2.45) is 5.73 Å². The Bertz CT molecular complexity index is 1020. The summed E-state index contributed by atoms with van der Waals surface area (Å²) in [5.41, 5.74) is 11.7. The molecular weight excluding hydrogens is 386 g/mol. The van der Waals surface area contributed by atoms with Crippen LogP contribution in [0.3, 0.4) is 0 Å². The van der Waals surface area contributed by atoms with Gasteiger partial charge in [0.05, 0.1) is 11.4 Å². The third-order valence-corrected chi connectivity index (χ3v) is 5.72. The number of H-pyrrole nitrogens is 1. The molecule has 0 atom stereocenters. The van der Waals surface area contributed by atoms with Crippen LogP contribution in [0.15, 0.2) is 54.6 Å². The molecule has 1 aromatic heterocycles. The number of benzene rings is 2. The number of aromatic amines is 1. The standard InChI is InChI=1S/C25H31N5O/c1-17(2)27-25(31)21-5-3-4-20(14-21)24-15-23(28-29-24)19-8-6-18(7-9-19)16-30-12-10-22(26)11-13-30/h3-9,14-15,17,22H,10-13,16,26H2,1-2H3,(H,27,31)(H,28,29). The van der Waals surface area contributed by atoms with Gasteiger partial charge in [-0.15, -0.1) is 0 Å². The molecule has 1 aliphatic heterocycles. The van der Waals surface area contributed by atoms with Crippen molar-refractivity contribution < 1.29 is 4.79 Å². The van der Waals surface area contributed by atoms with Crippen molar-refractivity contribution in [2.45, 2.75) is 45.3 Å². The molecule has 0 radical (unpaired) electrons. The van der Waals surface area contributed by atoms with Gasteiger partial charge in [0.15, 0.2) is 0 Å². The summed E-state index contributed by atoms with van der Waals surface area (Å²) in [6.45, 7) is 7.01. The number of hydrogen-bond acceptors (Lipinski definition) is 4. The van der Waals surface area contributed by atoms with E-state index in [1.165, 1.54) is 5.56 Å². The van der Waals surface area contributed by atoms with Gasteiger partial charge in [-0.05, 0) is 69.1 Å². The molecule has 2 aromatic carbocycles. The number of amides is 1. The molecule has 0 spiro atoms. The van der Waals surface area contributed by atoms with Crippen LogP contribution in [-0.2, 0) is 6.54 Å². The van der Waals surface area contributed by atoms with E-state index in [2.05, 4.69) is 44.7 Å². The van der Waals surface area contributed by atoms with Crippen molar-refractivity contribution in [2.75, 3.05) is 13.1 Å². The number of carbonyl (C=O) groups excluding carboxylic acids is 1. The van der Waals surface area contributed by atoms with E-state index >= 15 is 0 Å². The van der Waals surface area contributed by atoms with Crippen LogP contribution in [0.4, 0.5) is 0 Å². The number of likely N-dealkylation sites (tertiary alicyclic amines) is 1. The average molecular weight is 418 g/mol. The van der Waals surface area contributed by atoms with Gasteiger partial charge in [-0.25, -0.2) is 0 Å². The van der Waals surface area contributed by atoms with Gasteiger partial charge < -0.3 is 11.1 Å². The highest BCUT2D eigenvalue weighted by molar-refractivity contribution is 5.95.